The summed E-state index contributed by atoms with van der Waals surface area (Å²) in [5.74, 6) is -0.448. The van der Waals surface area contributed by atoms with Crippen LogP contribution in [0.15, 0.2) is 42.5 Å². The Hall–Kier alpha value is -3.26. The summed E-state index contributed by atoms with van der Waals surface area (Å²) in [6.07, 6.45) is 0.636. The molecule has 2 N–H and O–H groups in total. The molecule has 0 aliphatic carbocycles. The lowest BCUT2D eigenvalue weighted by Crippen LogP contribution is -2.46. The second kappa shape index (κ2) is 10.9. The Kier molecular flexibility index (Phi) is 7.94. The van der Waals surface area contributed by atoms with Gasteiger partial charge in [0, 0.05) is 17.1 Å². The molecule has 0 spiro atoms. The maximum Gasteiger partial charge on any atom is 0.329 e. The van der Waals surface area contributed by atoms with E-state index in [2.05, 4.69) is 10.6 Å². The van der Waals surface area contributed by atoms with Crippen molar-refractivity contribution in [2.24, 2.45) is 5.92 Å². The molecule has 1 heterocycles. The number of benzene rings is 2. The van der Waals surface area contributed by atoms with Crippen LogP contribution in [0.2, 0.25) is 5.02 Å². The largest absolute Gasteiger partial charge is 0.454 e. The van der Waals surface area contributed by atoms with Gasteiger partial charge in [0.1, 0.15) is 6.04 Å². The van der Waals surface area contributed by atoms with Gasteiger partial charge in [0.05, 0.1) is 0 Å². The number of amides is 2. The van der Waals surface area contributed by atoms with Crippen molar-refractivity contribution in [1.82, 2.24) is 10.6 Å². The molecule has 2 amide bonds. The molecular formula is C23H25ClN2O6. The lowest BCUT2D eigenvalue weighted by Gasteiger charge is -2.22. The molecule has 9 heteroatoms. The second-order valence-electron chi connectivity index (χ2n) is 7.42. The predicted molar refractivity (Wildman–Crippen MR) is 118 cm³/mol. The first-order valence-corrected chi connectivity index (χ1v) is 10.6. The average Bonchev–Trinajstić information content (AvgIpc) is 3.27. The van der Waals surface area contributed by atoms with Gasteiger partial charge in [0.15, 0.2) is 18.1 Å². The molecule has 0 unspecified atom stereocenters. The number of fused-ring (bicyclic) bond motifs is 1. The van der Waals surface area contributed by atoms with Gasteiger partial charge in [0.2, 0.25) is 6.79 Å². The van der Waals surface area contributed by atoms with E-state index in [-0.39, 0.29) is 19.3 Å². The minimum atomic E-state index is -0.884. The van der Waals surface area contributed by atoms with Crippen molar-refractivity contribution in [2.75, 3.05) is 13.4 Å². The van der Waals surface area contributed by atoms with E-state index in [1.165, 1.54) is 0 Å². The van der Waals surface area contributed by atoms with E-state index in [0.29, 0.717) is 28.5 Å². The summed E-state index contributed by atoms with van der Waals surface area (Å²) in [5.41, 5.74) is 1.19. The molecule has 0 aromatic heterocycles. The van der Waals surface area contributed by atoms with E-state index in [1.807, 2.05) is 19.9 Å². The molecular weight excluding hydrogens is 436 g/mol. The highest BCUT2D eigenvalue weighted by molar-refractivity contribution is 6.30. The van der Waals surface area contributed by atoms with Gasteiger partial charge in [-0.15, -0.1) is 0 Å². The zero-order valence-corrected chi connectivity index (χ0v) is 18.6. The molecule has 1 aliphatic rings. The molecule has 0 saturated heterocycles. The van der Waals surface area contributed by atoms with Crippen LogP contribution >= 0.6 is 11.6 Å². The normalized spacial score (nSPS) is 13.7. The van der Waals surface area contributed by atoms with Crippen molar-refractivity contribution >= 4 is 29.4 Å². The smallest absolute Gasteiger partial charge is 0.329 e. The molecule has 2 atom stereocenters. The number of hydrogen-bond donors (Lipinski definition) is 2. The highest BCUT2D eigenvalue weighted by Crippen LogP contribution is 2.32. The minimum Gasteiger partial charge on any atom is -0.454 e. The van der Waals surface area contributed by atoms with Gasteiger partial charge in [-0.05, 0) is 47.9 Å². The van der Waals surface area contributed by atoms with E-state index >= 15 is 0 Å². The molecule has 2 aromatic rings. The number of hydrogen-bond acceptors (Lipinski definition) is 6. The van der Waals surface area contributed by atoms with Crippen molar-refractivity contribution < 1.29 is 28.6 Å². The molecule has 1 aliphatic heterocycles. The van der Waals surface area contributed by atoms with E-state index in [0.717, 1.165) is 5.56 Å². The zero-order chi connectivity index (χ0) is 23.1. The Labute approximate surface area is 191 Å². The summed E-state index contributed by atoms with van der Waals surface area (Å²) in [6, 6.07) is 10.8. The number of esters is 1. The Morgan fingerprint density at radius 2 is 1.81 bits per heavy atom. The maximum absolute atomic E-state index is 12.6. The van der Waals surface area contributed by atoms with Crippen LogP contribution in [0.5, 0.6) is 11.5 Å². The van der Waals surface area contributed by atoms with Crippen molar-refractivity contribution in [3.8, 4) is 11.5 Å². The molecule has 0 fully saturated rings. The molecule has 32 heavy (non-hydrogen) atoms. The third-order valence-electron chi connectivity index (χ3n) is 5.13. The number of carbonyl (C=O) groups is 3. The Bertz CT molecular complexity index is 979. The Morgan fingerprint density at radius 1 is 1.09 bits per heavy atom. The van der Waals surface area contributed by atoms with E-state index in [4.69, 9.17) is 25.8 Å². The maximum atomic E-state index is 12.6. The summed E-state index contributed by atoms with van der Waals surface area (Å²) in [5, 5.41) is 5.89. The molecule has 0 bridgehead atoms. The lowest BCUT2D eigenvalue weighted by atomic mass is 9.99. The Morgan fingerprint density at radius 3 is 2.53 bits per heavy atom. The van der Waals surface area contributed by atoms with Crippen molar-refractivity contribution in [3.63, 3.8) is 0 Å². The molecule has 0 radical (unpaired) electrons. The van der Waals surface area contributed by atoms with E-state index in [1.54, 1.807) is 36.4 Å². The quantitative estimate of drug-likeness (QED) is 0.557. The first kappa shape index (κ1) is 23.4. The average molecular weight is 461 g/mol. The fraction of sp³-hybridized carbons (Fsp3) is 0.348. The SMILES string of the molecule is CC[C@H](C)[C@H](NC(=O)c1ccc(Cl)cc1)C(=O)OCC(=O)NCc1ccc2c(c1)OCO2. The van der Waals surface area contributed by atoms with Gasteiger partial charge in [-0.1, -0.05) is 37.9 Å². The fourth-order valence-electron chi connectivity index (χ4n) is 3.02. The Balaban J connectivity index is 1.51. The molecule has 8 nitrogen and oxygen atoms in total. The van der Waals surface area contributed by atoms with Crippen LogP contribution in [0.4, 0.5) is 0 Å². The van der Waals surface area contributed by atoms with Gasteiger partial charge in [-0.3, -0.25) is 9.59 Å². The standard InChI is InChI=1S/C23H25ClN2O6/c1-3-14(2)21(26-22(28)16-5-7-17(24)8-6-16)23(29)30-12-20(27)25-11-15-4-9-18-19(10-15)32-13-31-18/h4-10,14,21H,3,11-13H2,1-2H3,(H,25,27)(H,26,28)/t14-,21-/m0/s1. The summed E-state index contributed by atoms with van der Waals surface area (Å²) in [6.45, 7) is 3.69. The number of ether oxygens (including phenoxy) is 3. The minimum absolute atomic E-state index is 0.174. The summed E-state index contributed by atoms with van der Waals surface area (Å²) in [7, 11) is 0. The van der Waals surface area contributed by atoms with Crippen LogP contribution in [-0.2, 0) is 20.9 Å². The van der Waals surface area contributed by atoms with Gasteiger partial charge in [0.25, 0.3) is 11.8 Å². The van der Waals surface area contributed by atoms with Gasteiger partial charge < -0.3 is 24.8 Å². The van der Waals surface area contributed by atoms with Crippen LogP contribution in [-0.4, -0.2) is 37.2 Å². The number of carbonyl (C=O) groups excluding carboxylic acids is 3. The predicted octanol–water partition coefficient (Wildman–Crippen LogP) is 3.07. The number of rotatable bonds is 9. The van der Waals surface area contributed by atoms with Gasteiger partial charge >= 0.3 is 5.97 Å². The molecule has 3 rings (SSSR count). The summed E-state index contributed by atoms with van der Waals surface area (Å²) < 4.78 is 15.7. The second-order valence-corrected chi connectivity index (χ2v) is 7.85. The zero-order valence-electron chi connectivity index (χ0n) is 17.9. The van der Waals surface area contributed by atoms with Crippen molar-refractivity contribution in [1.29, 1.82) is 0 Å². The van der Waals surface area contributed by atoms with Crippen LogP contribution in [0.1, 0.15) is 36.2 Å². The van der Waals surface area contributed by atoms with Crippen LogP contribution in [0, 0.1) is 5.92 Å². The molecule has 0 saturated carbocycles. The first-order valence-electron chi connectivity index (χ1n) is 10.3. The third kappa shape index (κ3) is 6.13. The van der Waals surface area contributed by atoms with Crippen LogP contribution in [0.25, 0.3) is 0 Å². The summed E-state index contributed by atoms with van der Waals surface area (Å²) >= 11 is 5.85. The van der Waals surface area contributed by atoms with Gasteiger partial charge in [-0.2, -0.15) is 0 Å². The monoisotopic (exact) mass is 460 g/mol. The topological polar surface area (TPSA) is 103 Å². The number of halogens is 1. The lowest BCUT2D eigenvalue weighted by molar-refractivity contribution is -0.151. The van der Waals surface area contributed by atoms with E-state index < -0.39 is 30.4 Å². The fourth-order valence-corrected chi connectivity index (χ4v) is 3.15. The van der Waals surface area contributed by atoms with E-state index in [9.17, 15) is 14.4 Å². The van der Waals surface area contributed by atoms with Gasteiger partial charge in [-0.25, -0.2) is 4.79 Å². The highest BCUT2D eigenvalue weighted by atomic mass is 35.5. The van der Waals surface area contributed by atoms with Crippen molar-refractivity contribution in [2.45, 2.75) is 32.9 Å². The number of nitrogens with one attached hydrogen (secondary N) is 2. The molecule has 170 valence electrons. The molecule has 2 aromatic carbocycles. The van der Waals surface area contributed by atoms with Crippen LogP contribution < -0.4 is 20.1 Å². The summed E-state index contributed by atoms with van der Waals surface area (Å²) in [4.78, 5) is 37.3. The first-order chi connectivity index (χ1) is 15.4. The highest BCUT2D eigenvalue weighted by Gasteiger charge is 2.28. The third-order valence-corrected chi connectivity index (χ3v) is 5.38. The van der Waals surface area contributed by atoms with Crippen molar-refractivity contribution in [3.05, 3.63) is 58.6 Å². The van der Waals surface area contributed by atoms with Crippen LogP contribution in [0.3, 0.4) is 0 Å².